The zero-order chi connectivity index (χ0) is 21.5. The first-order valence-corrected chi connectivity index (χ1v) is 9.76. The van der Waals surface area contributed by atoms with Crippen LogP contribution in [-0.2, 0) is 19.2 Å². The molecular formula is C22H24N2O6. The topological polar surface area (TPSA) is 114 Å². The number of hydrogen-bond donors (Lipinski definition) is 3. The number of aliphatic carboxylic acids is 1. The number of carboxylic acid groups (broad SMARTS) is 1. The van der Waals surface area contributed by atoms with Crippen LogP contribution < -0.4 is 10.8 Å². The molecule has 3 rings (SSSR count). The van der Waals surface area contributed by atoms with Crippen LogP contribution in [0.15, 0.2) is 48.5 Å². The van der Waals surface area contributed by atoms with Crippen molar-refractivity contribution in [3.63, 3.8) is 0 Å². The molecule has 158 valence electrons. The fourth-order valence-electron chi connectivity index (χ4n) is 3.46. The maximum atomic E-state index is 12.3. The lowest BCUT2D eigenvalue weighted by Gasteiger charge is -2.18. The summed E-state index contributed by atoms with van der Waals surface area (Å²) >= 11 is 0. The van der Waals surface area contributed by atoms with Gasteiger partial charge in [-0.25, -0.2) is 10.3 Å². The number of benzene rings is 2. The Hall–Kier alpha value is -3.39. The van der Waals surface area contributed by atoms with E-state index in [1.54, 1.807) is 0 Å². The fraction of sp³-hybridized carbons (Fsp3) is 0.318. The molecule has 0 fully saturated rings. The van der Waals surface area contributed by atoms with E-state index in [1.807, 2.05) is 55.5 Å². The highest BCUT2D eigenvalue weighted by molar-refractivity contribution is 5.88. The molecule has 0 bridgehead atoms. The molecular weight excluding hydrogens is 388 g/mol. The Balaban J connectivity index is 1.64. The molecule has 8 nitrogen and oxygen atoms in total. The van der Waals surface area contributed by atoms with Gasteiger partial charge in [0.2, 0.25) is 0 Å². The van der Waals surface area contributed by atoms with Gasteiger partial charge < -0.3 is 15.2 Å². The van der Waals surface area contributed by atoms with Gasteiger partial charge in [0.1, 0.15) is 12.6 Å². The van der Waals surface area contributed by atoms with Crippen molar-refractivity contribution >= 4 is 18.0 Å². The fourth-order valence-corrected chi connectivity index (χ4v) is 3.46. The lowest BCUT2D eigenvalue weighted by Crippen LogP contribution is -2.48. The number of fused-ring (bicyclic) bond motifs is 3. The van der Waals surface area contributed by atoms with Gasteiger partial charge >= 0.3 is 12.1 Å². The number of hydroxylamine groups is 1. The summed E-state index contributed by atoms with van der Waals surface area (Å²) in [6.07, 6.45) is -0.788. The number of hydrogen-bond acceptors (Lipinski definition) is 5. The first kappa shape index (κ1) is 21.3. The van der Waals surface area contributed by atoms with E-state index in [9.17, 15) is 14.4 Å². The van der Waals surface area contributed by atoms with Crippen LogP contribution in [0.2, 0.25) is 0 Å². The van der Waals surface area contributed by atoms with Crippen LogP contribution in [0.1, 0.15) is 36.8 Å². The molecule has 1 unspecified atom stereocenters. The lowest BCUT2D eigenvalue weighted by atomic mass is 9.98. The molecule has 0 saturated carbocycles. The third-order valence-electron chi connectivity index (χ3n) is 4.81. The van der Waals surface area contributed by atoms with Gasteiger partial charge in [0.25, 0.3) is 5.91 Å². The normalized spacial score (nSPS) is 13.1. The Labute approximate surface area is 174 Å². The summed E-state index contributed by atoms with van der Waals surface area (Å²) in [6, 6.07) is 14.5. The third-order valence-corrected chi connectivity index (χ3v) is 4.81. The van der Waals surface area contributed by atoms with Crippen molar-refractivity contribution in [3.8, 4) is 11.1 Å². The third kappa shape index (κ3) is 4.96. The van der Waals surface area contributed by atoms with E-state index >= 15 is 0 Å². The quantitative estimate of drug-likeness (QED) is 0.431. The molecule has 3 N–H and O–H groups in total. The Morgan fingerprint density at radius 1 is 1.03 bits per heavy atom. The highest BCUT2D eigenvalue weighted by Crippen LogP contribution is 2.44. The molecule has 0 heterocycles. The van der Waals surface area contributed by atoms with Crippen molar-refractivity contribution in [2.24, 2.45) is 0 Å². The molecule has 1 aliphatic rings. The van der Waals surface area contributed by atoms with Gasteiger partial charge in [-0.1, -0.05) is 55.5 Å². The molecule has 2 aromatic carbocycles. The van der Waals surface area contributed by atoms with E-state index < -0.39 is 30.4 Å². The average molecular weight is 412 g/mol. The summed E-state index contributed by atoms with van der Waals surface area (Å²) in [5.74, 6) is -2.12. The van der Waals surface area contributed by atoms with Crippen LogP contribution in [0.25, 0.3) is 11.1 Å². The molecule has 1 atom stereocenters. The van der Waals surface area contributed by atoms with Crippen molar-refractivity contribution in [1.82, 2.24) is 10.8 Å². The Bertz CT molecular complexity index is 884. The maximum absolute atomic E-state index is 12.3. The van der Waals surface area contributed by atoms with Crippen LogP contribution in [0.3, 0.4) is 0 Å². The highest BCUT2D eigenvalue weighted by atomic mass is 16.7. The summed E-state index contributed by atoms with van der Waals surface area (Å²) in [6.45, 7) is 2.19. The van der Waals surface area contributed by atoms with Gasteiger partial charge in [0, 0.05) is 5.92 Å². The highest BCUT2D eigenvalue weighted by Gasteiger charge is 2.30. The van der Waals surface area contributed by atoms with Gasteiger partial charge in [-0.05, 0) is 28.7 Å². The molecule has 0 aliphatic heterocycles. The van der Waals surface area contributed by atoms with E-state index in [1.165, 1.54) is 0 Å². The molecule has 2 aromatic rings. The number of ether oxygens (including phenoxy) is 1. The molecule has 30 heavy (non-hydrogen) atoms. The number of nitrogens with one attached hydrogen (secondary N) is 2. The zero-order valence-electron chi connectivity index (χ0n) is 16.6. The van der Waals surface area contributed by atoms with Crippen LogP contribution >= 0.6 is 0 Å². The minimum atomic E-state index is -1.31. The number of alkyl carbamates (subject to hydrolysis) is 1. The van der Waals surface area contributed by atoms with E-state index in [0.29, 0.717) is 6.42 Å². The van der Waals surface area contributed by atoms with E-state index in [4.69, 9.17) is 14.7 Å². The van der Waals surface area contributed by atoms with Gasteiger partial charge in [0.15, 0.2) is 0 Å². The van der Waals surface area contributed by atoms with Gasteiger partial charge in [-0.2, -0.15) is 0 Å². The van der Waals surface area contributed by atoms with Crippen molar-refractivity contribution in [3.05, 3.63) is 59.7 Å². The van der Waals surface area contributed by atoms with Crippen LogP contribution in [0.4, 0.5) is 4.79 Å². The molecule has 0 aromatic heterocycles. The first-order valence-electron chi connectivity index (χ1n) is 9.76. The zero-order valence-corrected chi connectivity index (χ0v) is 16.6. The van der Waals surface area contributed by atoms with E-state index in [-0.39, 0.29) is 19.1 Å². The summed E-state index contributed by atoms with van der Waals surface area (Å²) < 4.78 is 5.36. The van der Waals surface area contributed by atoms with Gasteiger partial charge in [-0.3, -0.25) is 14.4 Å². The number of carbonyl (C=O) groups is 3. The van der Waals surface area contributed by atoms with Crippen molar-refractivity contribution in [2.45, 2.75) is 31.7 Å². The molecule has 1 aliphatic carbocycles. The van der Waals surface area contributed by atoms with Gasteiger partial charge in [-0.15, -0.1) is 0 Å². The Kier molecular flexibility index (Phi) is 7.03. The minimum absolute atomic E-state index is 0.0631. The number of carboxylic acids is 1. The molecule has 8 heteroatoms. The monoisotopic (exact) mass is 412 g/mol. The molecule has 0 saturated heterocycles. The molecule has 0 radical (unpaired) electrons. The van der Waals surface area contributed by atoms with Crippen molar-refractivity contribution in [2.75, 3.05) is 13.2 Å². The van der Waals surface area contributed by atoms with Gasteiger partial charge in [0.05, 0.1) is 13.0 Å². The average Bonchev–Trinajstić information content (AvgIpc) is 3.05. The van der Waals surface area contributed by atoms with Crippen molar-refractivity contribution < 1.29 is 29.1 Å². The number of carbonyl (C=O) groups excluding carboxylic acids is 2. The predicted octanol–water partition coefficient (Wildman–Crippen LogP) is 2.83. The van der Waals surface area contributed by atoms with Crippen LogP contribution in [0.5, 0.6) is 0 Å². The number of amides is 2. The Morgan fingerprint density at radius 2 is 1.63 bits per heavy atom. The summed E-state index contributed by atoms with van der Waals surface area (Å²) in [4.78, 5) is 40.4. The molecule has 2 amide bonds. The second kappa shape index (κ2) is 9.89. The summed E-state index contributed by atoms with van der Waals surface area (Å²) in [7, 11) is 0. The standard InChI is InChI=1S/C22H24N2O6/c1-2-11-30-24-21(27)19(12-20(25)26)23-22(28)29-13-18-16-9-5-3-7-14(16)15-8-4-6-10-17(15)18/h3-10,18-19H,2,11-13H2,1H3,(H,23,28)(H,24,27)(H,25,26). The largest absolute Gasteiger partial charge is 0.481 e. The summed E-state index contributed by atoms with van der Waals surface area (Å²) in [5.41, 5.74) is 6.45. The lowest BCUT2D eigenvalue weighted by molar-refractivity contribution is -0.143. The maximum Gasteiger partial charge on any atom is 0.407 e. The smallest absolute Gasteiger partial charge is 0.407 e. The van der Waals surface area contributed by atoms with E-state index in [0.717, 1.165) is 22.3 Å². The second-order valence-electron chi connectivity index (χ2n) is 6.94. The first-order chi connectivity index (χ1) is 14.5. The van der Waals surface area contributed by atoms with E-state index in [2.05, 4.69) is 10.8 Å². The molecule has 0 spiro atoms. The summed E-state index contributed by atoms with van der Waals surface area (Å²) in [5, 5.41) is 11.3. The predicted molar refractivity (Wildman–Crippen MR) is 109 cm³/mol. The van der Waals surface area contributed by atoms with Crippen LogP contribution in [-0.4, -0.2) is 42.3 Å². The SMILES string of the molecule is CCCONC(=O)C(CC(=O)O)NC(=O)OCC1c2ccccc2-c2ccccc21. The Morgan fingerprint density at radius 3 is 2.20 bits per heavy atom. The second-order valence-corrected chi connectivity index (χ2v) is 6.94. The van der Waals surface area contributed by atoms with Crippen molar-refractivity contribution in [1.29, 1.82) is 0 Å². The van der Waals surface area contributed by atoms with Crippen LogP contribution in [0, 0.1) is 0 Å². The number of rotatable bonds is 9. The minimum Gasteiger partial charge on any atom is -0.481 e.